The molecule has 0 spiro atoms. The third-order valence-electron chi connectivity index (χ3n) is 21.3. The molecule has 5 unspecified atom stereocenters. The van der Waals surface area contributed by atoms with Gasteiger partial charge in [0.2, 0.25) is 0 Å². The Kier molecular flexibility index (Phi) is 45.2. The van der Waals surface area contributed by atoms with E-state index in [1.807, 2.05) is 0 Å². The van der Waals surface area contributed by atoms with Crippen molar-refractivity contribution in [3.05, 3.63) is 72.4 Å². The third kappa shape index (κ3) is 34.3. The summed E-state index contributed by atoms with van der Waals surface area (Å²) in [5, 5.41) is 0. The lowest BCUT2D eigenvalue weighted by Crippen LogP contribution is -2.52. The van der Waals surface area contributed by atoms with Crippen molar-refractivity contribution < 1.29 is 45.7 Å². The minimum atomic E-state index is -0.821. The normalized spacial score (nSPS) is 22.9. The second-order valence-electron chi connectivity index (χ2n) is 29.1. The Morgan fingerprint density at radius 1 is 0.457 bits per heavy atom. The van der Waals surface area contributed by atoms with Gasteiger partial charge in [0.1, 0.15) is 19.3 Å². The molecule has 9 heteroatoms. The molecule has 4 aliphatic rings. The van der Waals surface area contributed by atoms with Gasteiger partial charge in [0, 0.05) is 34.0 Å². The summed E-state index contributed by atoms with van der Waals surface area (Å²) in [6.45, 7) is 13.8. The zero-order valence-corrected chi connectivity index (χ0v) is 60.3. The maximum atomic E-state index is 13.1. The Morgan fingerprint density at radius 3 is 1.40 bits per heavy atom. The number of carbonyl (C=O) groups excluding carboxylic acids is 4. The number of fused-ring (bicyclic) bond motifs is 5. The van der Waals surface area contributed by atoms with Crippen LogP contribution in [0.25, 0.3) is 0 Å². The summed E-state index contributed by atoms with van der Waals surface area (Å²) < 4.78 is 30.4. The first-order valence-corrected chi connectivity index (χ1v) is 39.3. The van der Waals surface area contributed by atoms with E-state index in [0.29, 0.717) is 43.4 Å². The van der Waals surface area contributed by atoms with Crippen LogP contribution in [0.5, 0.6) is 0 Å². The van der Waals surface area contributed by atoms with Crippen LogP contribution in [0.4, 0.5) is 0 Å². The van der Waals surface area contributed by atoms with Crippen LogP contribution in [0.1, 0.15) is 365 Å². The number of unbranched alkanes of at least 4 members (excludes halogenated alkanes) is 30. The minimum absolute atomic E-state index is 0. The van der Waals surface area contributed by atoms with E-state index in [1.165, 1.54) is 141 Å². The largest absolute Gasteiger partial charge is 0.462 e. The third-order valence-corrected chi connectivity index (χ3v) is 21.3. The number of esters is 4. The van der Waals surface area contributed by atoms with Gasteiger partial charge in [-0.05, 0) is 184 Å². The Bertz CT molecular complexity index is 2130. The predicted octanol–water partition coefficient (Wildman–Crippen LogP) is 24.3. The molecule has 0 aliphatic heterocycles. The quantitative estimate of drug-likeness (QED) is 0.0254. The number of allylic oxidation sites excluding steroid dienone is 9. The summed E-state index contributed by atoms with van der Waals surface area (Å²) in [6, 6.07) is 0. The summed E-state index contributed by atoms with van der Waals surface area (Å²) >= 11 is 0. The summed E-state index contributed by atoms with van der Waals surface area (Å²) in [7, 11) is 0. The maximum Gasteiger partial charge on any atom is 0.306 e. The van der Waals surface area contributed by atoms with E-state index in [9.17, 15) is 19.2 Å². The molecule has 0 bridgehead atoms. The van der Waals surface area contributed by atoms with Gasteiger partial charge in [0.05, 0.1) is 12.2 Å². The molecule has 3 fully saturated rings. The maximum absolute atomic E-state index is 13.1. The monoisotopic (exact) mass is 1290 g/mol. The first kappa shape index (κ1) is 80.7. The lowest BCUT2D eigenvalue weighted by atomic mass is 9.47. The summed E-state index contributed by atoms with van der Waals surface area (Å²) in [5.41, 5.74) is 1.97. The van der Waals surface area contributed by atoms with Crippen molar-refractivity contribution in [2.24, 2.45) is 28.6 Å². The summed E-state index contributed by atoms with van der Waals surface area (Å²) in [5.74, 6) is 1.13. The van der Waals surface area contributed by atoms with Crippen molar-refractivity contribution in [3.63, 3.8) is 0 Å². The van der Waals surface area contributed by atoms with Gasteiger partial charge >= 0.3 is 23.9 Å². The Balaban J connectivity index is 0.0000150. The molecule has 0 amide bonds. The van der Waals surface area contributed by atoms with E-state index in [-0.39, 0.29) is 69.1 Å². The Morgan fingerprint density at radius 2 is 0.880 bits per heavy atom. The van der Waals surface area contributed by atoms with Crippen LogP contribution in [-0.2, 0) is 42.9 Å². The van der Waals surface area contributed by atoms with E-state index in [0.717, 1.165) is 154 Å². The van der Waals surface area contributed by atoms with Crippen LogP contribution in [0.3, 0.4) is 0 Å². The van der Waals surface area contributed by atoms with Crippen molar-refractivity contribution in [2.45, 2.75) is 387 Å². The van der Waals surface area contributed by atoms with Crippen molar-refractivity contribution in [1.29, 1.82) is 0 Å². The summed E-state index contributed by atoms with van der Waals surface area (Å²) in [6.07, 6.45) is 78.5. The number of ether oxygens (including phenoxy) is 5. The molecule has 3 saturated carbocycles. The molecular weight excluding hydrogens is 1140 g/mol. The van der Waals surface area contributed by atoms with Crippen LogP contribution >= 0.6 is 0 Å². The zero-order valence-electron chi connectivity index (χ0n) is 60.3. The van der Waals surface area contributed by atoms with E-state index in [2.05, 4.69) is 108 Å². The lowest BCUT2D eigenvalue weighted by molar-refractivity contribution is -0.167. The van der Waals surface area contributed by atoms with Crippen LogP contribution < -0.4 is 0 Å². The van der Waals surface area contributed by atoms with Gasteiger partial charge < -0.3 is 23.7 Å². The number of hydrogen-bond acceptors (Lipinski definition) is 9. The highest BCUT2D eigenvalue weighted by atomic mass is 16.6. The molecule has 0 N–H and O–H groups in total. The molecule has 0 radical (unpaired) electrons. The van der Waals surface area contributed by atoms with Gasteiger partial charge in [0.15, 0.2) is 6.10 Å². The fraction of sp³-hybridized carbons (Fsp3) is 0.807. The lowest BCUT2D eigenvalue weighted by Gasteiger charge is -2.58. The molecule has 0 aromatic heterocycles. The molecule has 4 aliphatic carbocycles. The molecule has 4 rings (SSSR count). The SMILES string of the molecule is CCCCC/C=C\C/C=C\CCCCCCCC(=O)OC(COC(=O)CCCCCCC/C=C\CCCCCCCC)COC(=O)CCCCCCC/C=C\C(/C=C\CCCCC)OC1C=C2CC[C@@H]3C(CC[C@@]4(C)C3CC[C@@H]4OC(=O)CCCCCC)[C@@]2(C)CC1.[HH].[HH]. The number of hydrogen-bond donors (Lipinski definition) is 0. The number of rotatable bonds is 56. The van der Waals surface area contributed by atoms with Gasteiger partial charge in [-0.2, -0.15) is 0 Å². The van der Waals surface area contributed by atoms with Crippen LogP contribution in [-0.4, -0.2) is 61.5 Å². The average Bonchev–Trinajstić information content (AvgIpc) is 1.34. The number of carbonyl (C=O) groups is 4. The molecule has 92 heavy (non-hydrogen) atoms. The highest BCUT2D eigenvalue weighted by Crippen LogP contribution is 2.66. The molecule has 0 saturated heterocycles. The van der Waals surface area contributed by atoms with E-state index < -0.39 is 6.10 Å². The Labute approximate surface area is 568 Å². The smallest absolute Gasteiger partial charge is 0.306 e. The minimum Gasteiger partial charge on any atom is -0.462 e. The van der Waals surface area contributed by atoms with Crippen molar-refractivity contribution >= 4 is 23.9 Å². The Hall–Kier alpha value is -3.72. The first-order valence-electron chi connectivity index (χ1n) is 39.3. The molecule has 0 aromatic carbocycles. The fourth-order valence-electron chi connectivity index (χ4n) is 15.6. The van der Waals surface area contributed by atoms with Crippen molar-refractivity contribution in [3.8, 4) is 0 Å². The topological polar surface area (TPSA) is 114 Å². The molecule has 0 heterocycles. The molecule has 9 atom stereocenters. The second kappa shape index (κ2) is 51.5. The zero-order chi connectivity index (χ0) is 66.0. The standard InChI is InChI=1S/C83H140O9.2H2/c1-7-11-15-19-21-23-25-27-29-31-33-35-39-44-50-55-78(84)88-68-73(91-80(86)57-52-46-40-36-34-32-30-28-26-24-22-20-16-12-8-2)69-89-79(85)56-51-45-41-37-38-43-48-54-71(53-47-42-17-13-9-3)90-72-63-65-82(5)70(67-72)59-60-74-75-61-62-77(83(75,6)66-64-76(74)82)92-81(87)58-49-18-14-10-4;;/h22,24,27-30,47-48,53-54,67,71-77H,7-21,23,25-26,31-46,49-52,55-66,68-69H2,1-6H3;2*1H/b24-22-,29-27-,30-28-,53-47-,54-48-;;/t71?,72?,73?,74-,75?,76?,77-,82-,83-;;/m0../s1. The summed E-state index contributed by atoms with van der Waals surface area (Å²) in [4.78, 5) is 51.9. The van der Waals surface area contributed by atoms with Crippen LogP contribution in [0.2, 0.25) is 0 Å². The van der Waals surface area contributed by atoms with Gasteiger partial charge in [0.25, 0.3) is 0 Å². The average molecular weight is 1290 g/mol. The highest BCUT2D eigenvalue weighted by molar-refractivity contribution is 5.71. The molecule has 530 valence electrons. The molecule has 9 nitrogen and oxygen atoms in total. The predicted molar refractivity (Wildman–Crippen MR) is 389 cm³/mol. The second-order valence-corrected chi connectivity index (χ2v) is 29.1. The molecule has 0 aromatic rings. The van der Waals surface area contributed by atoms with E-state index in [1.54, 1.807) is 5.57 Å². The highest BCUT2D eigenvalue weighted by Gasteiger charge is 2.60. The van der Waals surface area contributed by atoms with E-state index in [4.69, 9.17) is 23.7 Å². The van der Waals surface area contributed by atoms with Gasteiger partial charge in [-0.1, -0.05) is 249 Å². The van der Waals surface area contributed by atoms with Crippen LogP contribution in [0, 0.1) is 28.6 Å². The van der Waals surface area contributed by atoms with Gasteiger partial charge in [-0.25, -0.2) is 0 Å². The van der Waals surface area contributed by atoms with Crippen molar-refractivity contribution in [1.82, 2.24) is 0 Å². The van der Waals surface area contributed by atoms with Crippen molar-refractivity contribution in [2.75, 3.05) is 13.2 Å². The fourth-order valence-corrected chi connectivity index (χ4v) is 15.6. The van der Waals surface area contributed by atoms with Gasteiger partial charge in [-0.3, -0.25) is 19.2 Å². The van der Waals surface area contributed by atoms with Crippen LogP contribution in [0.15, 0.2) is 72.4 Å². The van der Waals surface area contributed by atoms with E-state index >= 15 is 0 Å². The molecular formula is C83H144O9. The van der Waals surface area contributed by atoms with Gasteiger partial charge in [-0.15, -0.1) is 0 Å². The first-order chi connectivity index (χ1) is 45.0.